The molecule has 1 aliphatic heterocycles. The van der Waals surface area contributed by atoms with Crippen LogP contribution < -0.4 is 10.2 Å². The number of hydrogen-bond acceptors (Lipinski definition) is 3. The summed E-state index contributed by atoms with van der Waals surface area (Å²) in [4.78, 5) is 41.4. The van der Waals surface area contributed by atoms with Crippen molar-refractivity contribution in [3.8, 4) is 0 Å². The van der Waals surface area contributed by atoms with E-state index >= 15 is 0 Å². The number of rotatable bonds is 6. The van der Waals surface area contributed by atoms with Gasteiger partial charge in [-0.2, -0.15) is 26.3 Å². The maximum absolute atomic E-state index is 13.7. The monoisotopic (exact) mass is 646 g/mol. The van der Waals surface area contributed by atoms with Crippen LogP contribution >= 0.6 is 0 Å². The third-order valence-electron chi connectivity index (χ3n) is 8.68. The van der Waals surface area contributed by atoms with Crippen LogP contribution in [0.5, 0.6) is 0 Å². The Morgan fingerprint density at radius 3 is 1.96 bits per heavy atom. The Labute approximate surface area is 254 Å². The number of carbonyl (C=O) groups is 3. The lowest BCUT2D eigenvalue weighted by molar-refractivity contribution is -0.143. The van der Waals surface area contributed by atoms with Gasteiger partial charge in [-0.25, -0.2) is 14.0 Å². The highest BCUT2D eigenvalue weighted by Crippen LogP contribution is 2.39. The van der Waals surface area contributed by atoms with Crippen LogP contribution in [-0.4, -0.2) is 72.7 Å². The summed E-state index contributed by atoms with van der Waals surface area (Å²) in [7, 11) is 2.42. The van der Waals surface area contributed by atoms with E-state index in [9.17, 15) is 45.1 Å². The lowest BCUT2D eigenvalue weighted by atomic mass is 9.81. The molecule has 0 bridgehead atoms. The molecule has 4 amide bonds. The number of hydrogen-bond donors (Lipinski definition) is 2. The number of carboxylic acid groups (broad SMARTS) is 1. The Bertz CT molecular complexity index is 1360. The van der Waals surface area contributed by atoms with Gasteiger partial charge in [0.05, 0.1) is 17.2 Å². The van der Waals surface area contributed by atoms with Gasteiger partial charge >= 0.3 is 24.5 Å². The fourth-order valence-corrected chi connectivity index (χ4v) is 6.12. The molecule has 45 heavy (non-hydrogen) atoms. The summed E-state index contributed by atoms with van der Waals surface area (Å²) < 4.78 is 94.5. The number of nitrogens with one attached hydrogen (secondary N) is 1. The van der Waals surface area contributed by atoms with Crippen LogP contribution in [0.15, 0.2) is 42.5 Å². The molecule has 0 aromatic heterocycles. The van der Waals surface area contributed by atoms with E-state index < -0.39 is 59.1 Å². The van der Waals surface area contributed by atoms with Crippen molar-refractivity contribution >= 4 is 23.7 Å². The van der Waals surface area contributed by atoms with Gasteiger partial charge in [0.25, 0.3) is 0 Å². The highest BCUT2D eigenvalue weighted by Gasteiger charge is 2.43. The summed E-state index contributed by atoms with van der Waals surface area (Å²) in [6.07, 6.45) is -9.00. The SMILES string of the molecule is CN(C(=O)N(C)[C@@H]1CN(C(=O)C2CCC(CNC(=O)O)CC2)C[C@H]1c1ccc(F)cc1)c1cc(C(F)(F)F)cc(C(F)(F)F)c1. The van der Waals surface area contributed by atoms with Crippen LogP contribution in [0.1, 0.15) is 48.3 Å². The maximum Gasteiger partial charge on any atom is 0.416 e. The molecule has 1 saturated carbocycles. The predicted molar refractivity (Wildman–Crippen MR) is 149 cm³/mol. The standard InChI is InChI=1S/C30H33F7N4O4/c1-39(23-12-20(29(32,33)34)11-21(13-23)30(35,36)37)28(45)40(2)25-16-41(15-24(25)18-7-9-22(31)10-8-18)26(42)19-5-3-17(4-6-19)14-38-27(43)44/h7-13,17,19,24-25,38H,3-6,14-16H2,1-2H3,(H,43,44)/t17?,19?,24-,25+/m0/s1. The Morgan fingerprint density at radius 2 is 1.44 bits per heavy atom. The minimum atomic E-state index is -5.10. The van der Waals surface area contributed by atoms with Crippen LogP contribution in [0.2, 0.25) is 0 Å². The van der Waals surface area contributed by atoms with Crippen molar-refractivity contribution in [3.05, 3.63) is 65.0 Å². The first-order chi connectivity index (χ1) is 21.0. The van der Waals surface area contributed by atoms with Gasteiger partial charge in [-0.05, 0) is 67.5 Å². The van der Waals surface area contributed by atoms with E-state index in [4.69, 9.17) is 5.11 Å². The number of halogens is 7. The molecule has 1 heterocycles. The lowest BCUT2D eigenvalue weighted by Gasteiger charge is -2.33. The zero-order chi connectivity index (χ0) is 33.3. The first kappa shape index (κ1) is 33.8. The van der Waals surface area contributed by atoms with Gasteiger partial charge < -0.3 is 20.2 Å². The second-order valence-electron chi connectivity index (χ2n) is 11.6. The lowest BCUT2D eigenvalue weighted by Crippen LogP contribution is -2.48. The van der Waals surface area contributed by atoms with E-state index in [2.05, 4.69) is 5.32 Å². The molecular formula is C30H33F7N4O4. The molecule has 15 heteroatoms. The summed E-state index contributed by atoms with van der Waals surface area (Å²) >= 11 is 0. The summed E-state index contributed by atoms with van der Waals surface area (Å²) in [6.45, 7) is 0.470. The molecule has 246 valence electrons. The summed E-state index contributed by atoms with van der Waals surface area (Å²) in [5.74, 6) is -1.45. The van der Waals surface area contributed by atoms with E-state index in [0.29, 0.717) is 48.3 Å². The van der Waals surface area contributed by atoms with E-state index in [1.54, 1.807) is 4.90 Å². The van der Waals surface area contributed by atoms with Crippen molar-refractivity contribution in [2.75, 3.05) is 38.6 Å². The average molecular weight is 647 g/mol. The van der Waals surface area contributed by atoms with E-state index in [1.165, 1.54) is 36.2 Å². The minimum absolute atomic E-state index is 0.0211. The van der Waals surface area contributed by atoms with Gasteiger partial charge in [0, 0.05) is 51.3 Å². The molecule has 2 N–H and O–H groups in total. The third kappa shape index (κ3) is 7.98. The second kappa shape index (κ2) is 13.1. The van der Waals surface area contributed by atoms with Crippen molar-refractivity contribution in [1.29, 1.82) is 0 Å². The van der Waals surface area contributed by atoms with Crippen LogP contribution in [0, 0.1) is 17.7 Å². The molecule has 2 aliphatic rings. The molecule has 2 atom stereocenters. The molecule has 1 aliphatic carbocycles. The molecule has 2 fully saturated rings. The average Bonchev–Trinajstić information content (AvgIpc) is 3.43. The Kier molecular flexibility index (Phi) is 9.88. The van der Waals surface area contributed by atoms with Gasteiger partial charge in [-0.3, -0.25) is 9.69 Å². The van der Waals surface area contributed by atoms with Gasteiger partial charge in [0.15, 0.2) is 0 Å². The summed E-state index contributed by atoms with van der Waals surface area (Å²) in [6, 6.07) is 4.72. The number of likely N-dealkylation sites (tertiary alicyclic amines) is 1. The number of urea groups is 1. The van der Waals surface area contributed by atoms with Gasteiger partial charge in [0.2, 0.25) is 5.91 Å². The van der Waals surface area contributed by atoms with Crippen molar-refractivity contribution in [2.24, 2.45) is 11.8 Å². The molecule has 0 spiro atoms. The predicted octanol–water partition coefficient (Wildman–Crippen LogP) is 6.42. The second-order valence-corrected chi connectivity index (χ2v) is 11.6. The molecule has 1 saturated heterocycles. The number of amides is 4. The maximum atomic E-state index is 13.7. The zero-order valence-electron chi connectivity index (χ0n) is 24.5. The first-order valence-corrected chi connectivity index (χ1v) is 14.3. The molecule has 0 radical (unpaired) electrons. The van der Waals surface area contributed by atoms with Gasteiger partial charge in [-0.15, -0.1) is 0 Å². The Balaban J connectivity index is 1.56. The smallest absolute Gasteiger partial charge is 0.416 e. The quantitative estimate of drug-likeness (QED) is 0.355. The molecule has 2 aromatic carbocycles. The Morgan fingerprint density at radius 1 is 0.889 bits per heavy atom. The van der Waals surface area contributed by atoms with Crippen LogP contribution in [0.3, 0.4) is 0 Å². The number of alkyl halides is 6. The zero-order valence-corrected chi connectivity index (χ0v) is 24.5. The molecular weight excluding hydrogens is 613 g/mol. The number of nitrogens with zero attached hydrogens (tertiary/aromatic N) is 3. The van der Waals surface area contributed by atoms with Crippen molar-refractivity contribution in [1.82, 2.24) is 15.1 Å². The number of benzene rings is 2. The molecule has 2 aromatic rings. The number of carbonyl (C=O) groups excluding carboxylic acids is 2. The van der Waals surface area contributed by atoms with Gasteiger partial charge in [0.1, 0.15) is 5.82 Å². The van der Waals surface area contributed by atoms with Crippen molar-refractivity contribution < 1.29 is 50.2 Å². The molecule has 0 unspecified atom stereocenters. The molecule has 8 nitrogen and oxygen atoms in total. The number of anilines is 1. The number of likely N-dealkylation sites (N-methyl/N-ethyl adjacent to an activating group) is 1. The third-order valence-corrected chi connectivity index (χ3v) is 8.68. The fraction of sp³-hybridized carbons (Fsp3) is 0.500. The van der Waals surface area contributed by atoms with Crippen LogP contribution in [-0.2, 0) is 17.1 Å². The van der Waals surface area contributed by atoms with E-state index in [1.807, 2.05) is 0 Å². The highest BCUT2D eigenvalue weighted by atomic mass is 19.4. The van der Waals surface area contributed by atoms with E-state index in [-0.39, 0.29) is 43.4 Å². The largest absolute Gasteiger partial charge is 0.465 e. The molecule has 4 rings (SSSR count). The van der Waals surface area contributed by atoms with Crippen molar-refractivity contribution in [3.63, 3.8) is 0 Å². The minimum Gasteiger partial charge on any atom is -0.465 e. The topological polar surface area (TPSA) is 93.2 Å². The van der Waals surface area contributed by atoms with E-state index in [0.717, 1.165) is 7.05 Å². The summed E-state index contributed by atoms with van der Waals surface area (Å²) in [5.41, 5.74) is -3.15. The van der Waals surface area contributed by atoms with Crippen LogP contribution in [0.25, 0.3) is 0 Å². The van der Waals surface area contributed by atoms with Crippen molar-refractivity contribution in [2.45, 2.75) is 50.0 Å². The van der Waals surface area contributed by atoms with Gasteiger partial charge in [-0.1, -0.05) is 12.1 Å². The Hall–Kier alpha value is -4.04. The highest BCUT2D eigenvalue weighted by molar-refractivity contribution is 5.92. The summed E-state index contributed by atoms with van der Waals surface area (Å²) in [5, 5.41) is 11.2. The fourth-order valence-electron chi connectivity index (χ4n) is 6.12. The van der Waals surface area contributed by atoms with Crippen LogP contribution in [0.4, 0.5) is 46.0 Å². The normalized spacial score (nSPS) is 22.2. The first-order valence-electron chi connectivity index (χ1n) is 14.3.